The molecule has 0 atom stereocenters. The molecular formula is C11H14Cl3NO2. The van der Waals surface area contributed by atoms with Crippen molar-refractivity contribution in [2.45, 2.75) is 19.0 Å². The van der Waals surface area contributed by atoms with Gasteiger partial charge in [0.1, 0.15) is 0 Å². The normalized spacial score (nSPS) is 11.9. The zero-order valence-corrected chi connectivity index (χ0v) is 11.6. The Hall–Kier alpha value is -0.0300. The number of aliphatic hydroxyl groups is 2. The Morgan fingerprint density at radius 2 is 1.65 bits per heavy atom. The average Bonchev–Trinajstić information content (AvgIpc) is 2.33. The maximum atomic E-state index is 9.14. The van der Waals surface area contributed by atoms with Crippen LogP contribution in [-0.4, -0.2) is 29.0 Å². The Morgan fingerprint density at radius 1 is 1.12 bits per heavy atom. The number of halogens is 3. The molecule has 6 heteroatoms. The molecule has 3 nitrogen and oxygen atoms in total. The highest BCUT2D eigenvalue weighted by Crippen LogP contribution is 2.31. The van der Waals surface area contributed by atoms with Crippen molar-refractivity contribution in [1.29, 1.82) is 0 Å². The molecule has 0 aliphatic carbocycles. The molecule has 0 spiro atoms. The summed E-state index contributed by atoms with van der Waals surface area (Å²) in [5.74, 6) is 0. The van der Waals surface area contributed by atoms with E-state index >= 15 is 0 Å². The predicted octanol–water partition coefficient (Wildman–Crippen LogP) is 2.48. The first kappa shape index (κ1) is 15.0. The molecule has 1 aromatic carbocycles. The van der Waals surface area contributed by atoms with Crippen LogP contribution in [0.1, 0.15) is 12.5 Å². The summed E-state index contributed by atoms with van der Waals surface area (Å²) in [5.41, 5.74) is -0.136. The zero-order chi connectivity index (χ0) is 13.1. The van der Waals surface area contributed by atoms with Gasteiger partial charge in [-0.05, 0) is 19.1 Å². The molecule has 0 unspecified atom stereocenters. The van der Waals surface area contributed by atoms with Gasteiger partial charge >= 0.3 is 0 Å². The van der Waals surface area contributed by atoms with Crippen LogP contribution in [0.3, 0.4) is 0 Å². The summed E-state index contributed by atoms with van der Waals surface area (Å²) in [5, 5.41) is 22.6. The van der Waals surface area contributed by atoms with Crippen LogP contribution in [-0.2, 0) is 6.54 Å². The van der Waals surface area contributed by atoms with Gasteiger partial charge < -0.3 is 15.5 Å². The van der Waals surface area contributed by atoms with E-state index in [0.717, 1.165) is 0 Å². The van der Waals surface area contributed by atoms with E-state index in [1.54, 1.807) is 19.1 Å². The summed E-state index contributed by atoms with van der Waals surface area (Å²) >= 11 is 17.9. The first-order valence-corrected chi connectivity index (χ1v) is 6.16. The Balaban J connectivity index is 2.86. The molecule has 17 heavy (non-hydrogen) atoms. The highest BCUT2D eigenvalue weighted by Gasteiger charge is 2.22. The van der Waals surface area contributed by atoms with Crippen molar-refractivity contribution < 1.29 is 10.2 Å². The minimum atomic E-state index is -0.783. The molecule has 0 radical (unpaired) electrons. The molecule has 3 N–H and O–H groups in total. The molecule has 0 fully saturated rings. The van der Waals surface area contributed by atoms with Crippen molar-refractivity contribution in [2.24, 2.45) is 0 Å². The van der Waals surface area contributed by atoms with Crippen molar-refractivity contribution >= 4 is 34.8 Å². The summed E-state index contributed by atoms with van der Waals surface area (Å²) in [6.07, 6.45) is 0. The zero-order valence-electron chi connectivity index (χ0n) is 9.30. The third kappa shape index (κ3) is 3.71. The van der Waals surface area contributed by atoms with Gasteiger partial charge in [0, 0.05) is 17.1 Å². The maximum Gasteiger partial charge on any atom is 0.0652 e. The second kappa shape index (κ2) is 6.23. The van der Waals surface area contributed by atoms with Crippen LogP contribution < -0.4 is 5.32 Å². The lowest BCUT2D eigenvalue weighted by Gasteiger charge is -2.26. The van der Waals surface area contributed by atoms with Gasteiger partial charge in [0.15, 0.2) is 0 Å². The number of benzene rings is 1. The Kier molecular flexibility index (Phi) is 5.51. The summed E-state index contributed by atoms with van der Waals surface area (Å²) < 4.78 is 0. The van der Waals surface area contributed by atoms with Crippen LogP contribution in [0.5, 0.6) is 0 Å². The van der Waals surface area contributed by atoms with E-state index in [2.05, 4.69) is 5.32 Å². The third-order valence-electron chi connectivity index (χ3n) is 2.53. The number of aliphatic hydroxyl groups excluding tert-OH is 2. The van der Waals surface area contributed by atoms with Crippen LogP contribution in [0.2, 0.25) is 15.1 Å². The summed E-state index contributed by atoms with van der Waals surface area (Å²) in [7, 11) is 0. The van der Waals surface area contributed by atoms with Gasteiger partial charge in [-0.3, -0.25) is 0 Å². The smallest absolute Gasteiger partial charge is 0.0652 e. The monoisotopic (exact) mass is 297 g/mol. The summed E-state index contributed by atoms with van der Waals surface area (Å²) in [4.78, 5) is 0. The number of hydrogen-bond acceptors (Lipinski definition) is 3. The van der Waals surface area contributed by atoms with Gasteiger partial charge in [-0.1, -0.05) is 34.8 Å². The molecule has 1 aromatic rings. The average molecular weight is 299 g/mol. The highest BCUT2D eigenvalue weighted by atomic mass is 35.5. The van der Waals surface area contributed by atoms with E-state index in [4.69, 9.17) is 45.0 Å². The van der Waals surface area contributed by atoms with E-state index in [9.17, 15) is 0 Å². The van der Waals surface area contributed by atoms with Crippen LogP contribution in [0, 0.1) is 0 Å². The number of nitrogens with one attached hydrogen (secondary N) is 1. The lowest BCUT2D eigenvalue weighted by atomic mass is 10.0. The Labute approximate surface area is 115 Å². The lowest BCUT2D eigenvalue weighted by Crippen LogP contribution is -2.48. The van der Waals surface area contributed by atoms with Gasteiger partial charge in [0.2, 0.25) is 0 Å². The molecule has 0 aliphatic heterocycles. The molecular weight excluding hydrogens is 284 g/mol. The van der Waals surface area contributed by atoms with Crippen LogP contribution in [0.15, 0.2) is 12.1 Å². The quantitative estimate of drug-likeness (QED) is 0.732. The number of rotatable bonds is 5. The SMILES string of the molecule is CC(CO)(CO)NCc1c(Cl)ccc(Cl)c1Cl. The Morgan fingerprint density at radius 3 is 2.18 bits per heavy atom. The minimum absolute atomic E-state index is 0.195. The molecule has 0 amide bonds. The van der Waals surface area contributed by atoms with Crippen LogP contribution >= 0.6 is 34.8 Å². The molecule has 1 rings (SSSR count). The van der Waals surface area contributed by atoms with E-state index in [1.807, 2.05) is 0 Å². The molecule has 0 aliphatic rings. The van der Waals surface area contributed by atoms with E-state index in [-0.39, 0.29) is 13.2 Å². The van der Waals surface area contributed by atoms with E-state index in [1.165, 1.54) is 0 Å². The molecule has 96 valence electrons. The van der Waals surface area contributed by atoms with Gasteiger partial charge in [-0.2, -0.15) is 0 Å². The minimum Gasteiger partial charge on any atom is -0.394 e. The molecule has 0 bridgehead atoms. The topological polar surface area (TPSA) is 52.5 Å². The molecule has 0 saturated heterocycles. The molecule has 0 saturated carbocycles. The van der Waals surface area contributed by atoms with Crippen molar-refractivity contribution in [1.82, 2.24) is 5.32 Å². The first-order valence-electron chi connectivity index (χ1n) is 5.02. The molecule has 0 aromatic heterocycles. The van der Waals surface area contributed by atoms with Gasteiger partial charge in [0.05, 0.1) is 28.8 Å². The van der Waals surface area contributed by atoms with Crippen molar-refractivity contribution in [3.05, 3.63) is 32.8 Å². The first-order chi connectivity index (χ1) is 7.93. The van der Waals surface area contributed by atoms with Gasteiger partial charge in [-0.25, -0.2) is 0 Å². The second-order valence-corrected chi connectivity index (χ2v) is 5.24. The largest absolute Gasteiger partial charge is 0.394 e. The fourth-order valence-electron chi connectivity index (χ4n) is 1.19. The predicted molar refractivity (Wildman–Crippen MR) is 70.9 cm³/mol. The van der Waals surface area contributed by atoms with Crippen molar-refractivity contribution in [3.8, 4) is 0 Å². The highest BCUT2D eigenvalue weighted by molar-refractivity contribution is 6.44. The standard InChI is InChI=1S/C11H14Cl3NO2/c1-11(5-16,6-17)15-4-7-8(12)2-3-9(13)10(7)14/h2-3,15-17H,4-6H2,1H3. The van der Waals surface area contributed by atoms with Crippen molar-refractivity contribution in [3.63, 3.8) is 0 Å². The van der Waals surface area contributed by atoms with Crippen LogP contribution in [0.4, 0.5) is 0 Å². The fraction of sp³-hybridized carbons (Fsp3) is 0.455. The van der Waals surface area contributed by atoms with Crippen molar-refractivity contribution in [2.75, 3.05) is 13.2 Å². The van der Waals surface area contributed by atoms with Gasteiger partial charge in [0.25, 0.3) is 0 Å². The molecule has 0 heterocycles. The Bertz CT molecular complexity index is 395. The van der Waals surface area contributed by atoms with Crippen LogP contribution in [0.25, 0.3) is 0 Å². The number of hydrogen-bond donors (Lipinski definition) is 3. The maximum absolute atomic E-state index is 9.14. The third-order valence-corrected chi connectivity index (χ3v) is 3.73. The summed E-state index contributed by atoms with van der Waals surface area (Å²) in [6.45, 7) is 1.62. The van der Waals surface area contributed by atoms with Gasteiger partial charge in [-0.15, -0.1) is 0 Å². The fourth-order valence-corrected chi connectivity index (χ4v) is 1.88. The van der Waals surface area contributed by atoms with E-state index < -0.39 is 5.54 Å². The lowest BCUT2D eigenvalue weighted by molar-refractivity contribution is 0.103. The second-order valence-electron chi connectivity index (χ2n) is 4.05. The van der Waals surface area contributed by atoms with E-state index in [0.29, 0.717) is 27.2 Å². The summed E-state index contributed by atoms with van der Waals surface area (Å²) in [6, 6.07) is 3.27.